The maximum atomic E-state index is 13.7. The second-order valence-corrected chi connectivity index (χ2v) is 9.17. The van der Waals surface area contributed by atoms with Crippen LogP contribution < -0.4 is 5.32 Å². The molecule has 6 heteroatoms. The highest BCUT2D eigenvalue weighted by molar-refractivity contribution is 7.13. The maximum Gasteiger partial charge on any atom is 0.259 e. The Hall–Kier alpha value is -3.77. The highest BCUT2D eigenvalue weighted by Gasteiger charge is 2.26. The zero-order chi connectivity index (χ0) is 22.2. The van der Waals surface area contributed by atoms with E-state index in [0.29, 0.717) is 28.1 Å². The van der Waals surface area contributed by atoms with Gasteiger partial charge in [0.2, 0.25) is 0 Å². The van der Waals surface area contributed by atoms with Crippen molar-refractivity contribution in [1.82, 2.24) is 15.5 Å². The molecule has 2 aromatic carbocycles. The summed E-state index contributed by atoms with van der Waals surface area (Å²) in [4.78, 5) is 19.4. The molecule has 0 radical (unpaired) electrons. The number of carbonyl (C=O) groups is 1. The van der Waals surface area contributed by atoms with E-state index in [1.54, 1.807) is 11.3 Å². The first-order chi connectivity index (χ1) is 16.3. The molecule has 1 aliphatic carbocycles. The van der Waals surface area contributed by atoms with Crippen molar-refractivity contribution in [2.45, 2.75) is 25.3 Å². The van der Waals surface area contributed by atoms with Crippen LogP contribution in [-0.2, 0) is 6.42 Å². The molecular weight excluding hydrogens is 430 g/mol. The number of carbonyl (C=O) groups excluding carboxylic acids is 1. The van der Waals surface area contributed by atoms with Gasteiger partial charge in [-0.2, -0.15) is 0 Å². The molecule has 0 spiro atoms. The van der Waals surface area contributed by atoms with Gasteiger partial charge < -0.3 is 9.84 Å². The average molecular weight is 452 g/mol. The fourth-order valence-corrected chi connectivity index (χ4v) is 5.30. The Bertz CT molecular complexity index is 1440. The molecule has 1 amide bonds. The molecule has 1 atom stereocenters. The lowest BCUT2D eigenvalue weighted by atomic mass is 9.87. The number of nitrogens with zero attached hydrogens (tertiary/aromatic N) is 2. The molecule has 6 rings (SSSR count). The molecule has 33 heavy (non-hydrogen) atoms. The predicted octanol–water partition coefficient (Wildman–Crippen LogP) is 6.43. The van der Waals surface area contributed by atoms with Crippen LogP contribution in [0.2, 0.25) is 0 Å². The monoisotopic (exact) mass is 451 g/mol. The Balaban J connectivity index is 1.47. The number of aryl methyl sites for hydroxylation is 1. The van der Waals surface area contributed by atoms with Crippen molar-refractivity contribution in [2.24, 2.45) is 0 Å². The Labute approximate surface area is 195 Å². The Kier molecular flexibility index (Phi) is 5.00. The minimum absolute atomic E-state index is 0.0177. The summed E-state index contributed by atoms with van der Waals surface area (Å²) < 4.78 is 5.64. The molecular formula is C27H21N3O2S. The van der Waals surface area contributed by atoms with Crippen LogP contribution in [0.4, 0.5) is 0 Å². The summed E-state index contributed by atoms with van der Waals surface area (Å²) in [5.41, 5.74) is 5.64. The van der Waals surface area contributed by atoms with E-state index in [4.69, 9.17) is 9.51 Å². The van der Waals surface area contributed by atoms with E-state index in [1.165, 1.54) is 11.1 Å². The lowest BCUT2D eigenvalue weighted by Gasteiger charge is -2.26. The summed E-state index contributed by atoms with van der Waals surface area (Å²) in [6.07, 6.45) is 3.02. The maximum absolute atomic E-state index is 13.7. The molecule has 0 bridgehead atoms. The second kappa shape index (κ2) is 8.30. The highest BCUT2D eigenvalue weighted by atomic mass is 32.1. The number of nitrogens with one attached hydrogen (secondary N) is 1. The van der Waals surface area contributed by atoms with Gasteiger partial charge in [-0.15, -0.1) is 11.3 Å². The molecule has 1 unspecified atom stereocenters. The number of fused-ring (bicyclic) bond motifs is 2. The first-order valence-corrected chi connectivity index (χ1v) is 11.9. The SMILES string of the molecule is O=C(NC1CCCc2ccccc21)c1cc(-c2cccs2)nc2onc(-c3ccccc3)c12. The molecule has 0 fully saturated rings. The van der Waals surface area contributed by atoms with Gasteiger partial charge in [-0.1, -0.05) is 65.8 Å². The summed E-state index contributed by atoms with van der Waals surface area (Å²) >= 11 is 1.58. The molecule has 1 N–H and O–H groups in total. The molecule has 0 saturated carbocycles. The van der Waals surface area contributed by atoms with Crippen molar-refractivity contribution < 1.29 is 9.32 Å². The van der Waals surface area contributed by atoms with E-state index in [1.807, 2.05) is 60.0 Å². The van der Waals surface area contributed by atoms with E-state index in [0.717, 1.165) is 29.7 Å². The van der Waals surface area contributed by atoms with E-state index >= 15 is 0 Å². The lowest BCUT2D eigenvalue weighted by molar-refractivity contribution is 0.0934. The van der Waals surface area contributed by atoms with Crippen LogP contribution in [0.1, 0.15) is 40.4 Å². The third-order valence-corrected chi connectivity index (χ3v) is 7.08. The molecule has 3 aromatic heterocycles. The minimum atomic E-state index is -0.137. The number of hydrogen-bond acceptors (Lipinski definition) is 5. The largest absolute Gasteiger partial charge is 0.345 e. The van der Waals surface area contributed by atoms with Gasteiger partial charge in [0.1, 0.15) is 5.69 Å². The van der Waals surface area contributed by atoms with Gasteiger partial charge in [0.15, 0.2) is 0 Å². The van der Waals surface area contributed by atoms with E-state index < -0.39 is 0 Å². The summed E-state index contributed by atoms with van der Waals surface area (Å²) in [6.45, 7) is 0. The van der Waals surface area contributed by atoms with Crippen molar-refractivity contribution in [1.29, 1.82) is 0 Å². The zero-order valence-corrected chi connectivity index (χ0v) is 18.6. The summed E-state index contributed by atoms with van der Waals surface area (Å²) in [5, 5.41) is 10.2. The summed E-state index contributed by atoms with van der Waals surface area (Å²) in [5.74, 6) is -0.137. The van der Waals surface area contributed by atoms with E-state index in [9.17, 15) is 4.79 Å². The lowest BCUT2D eigenvalue weighted by Crippen LogP contribution is -2.31. The van der Waals surface area contributed by atoms with Crippen LogP contribution in [0.15, 0.2) is 82.7 Å². The van der Waals surface area contributed by atoms with Crippen molar-refractivity contribution in [3.63, 3.8) is 0 Å². The van der Waals surface area contributed by atoms with Crippen molar-refractivity contribution in [3.05, 3.63) is 94.9 Å². The Morgan fingerprint density at radius 1 is 1.03 bits per heavy atom. The van der Waals surface area contributed by atoms with Crippen LogP contribution in [0, 0.1) is 0 Å². The first-order valence-electron chi connectivity index (χ1n) is 11.1. The molecule has 3 heterocycles. The number of rotatable bonds is 4. The van der Waals surface area contributed by atoms with E-state index in [-0.39, 0.29) is 11.9 Å². The fourth-order valence-electron chi connectivity index (χ4n) is 4.61. The zero-order valence-electron chi connectivity index (χ0n) is 17.8. The number of amides is 1. The number of hydrogen-bond donors (Lipinski definition) is 1. The predicted molar refractivity (Wildman–Crippen MR) is 130 cm³/mol. The van der Waals surface area contributed by atoms with Crippen molar-refractivity contribution in [2.75, 3.05) is 0 Å². The third kappa shape index (κ3) is 3.62. The topological polar surface area (TPSA) is 68.0 Å². The molecule has 5 nitrogen and oxygen atoms in total. The van der Waals surface area contributed by atoms with Gasteiger partial charge in [-0.25, -0.2) is 4.98 Å². The van der Waals surface area contributed by atoms with Gasteiger partial charge in [0.25, 0.3) is 11.6 Å². The quantitative estimate of drug-likeness (QED) is 0.342. The number of benzene rings is 2. The summed E-state index contributed by atoms with van der Waals surface area (Å²) in [6, 6.07) is 23.9. The smallest absolute Gasteiger partial charge is 0.259 e. The van der Waals surface area contributed by atoms with Crippen LogP contribution in [-0.4, -0.2) is 16.0 Å². The average Bonchev–Trinajstić information content (AvgIpc) is 3.55. The minimum Gasteiger partial charge on any atom is -0.345 e. The van der Waals surface area contributed by atoms with Gasteiger partial charge in [0.05, 0.1) is 27.6 Å². The van der Waals surface area contributed by atoms with Gasteiger partial charge in [-0.05, 0) is 47.9 Å². The molecule has 1 aliphatic rings. The van der Waals surface area contributed by atoms with Gasteiger partial charge >= 0.3 is 0 Å². The molecule has 0 saturated heterocycles. The van der Waals surface area contributed by atoms with E-state index in [2.05, 4.69) is 28.7 Å². The van der Waals surface area contributed by atoms with Crippen LogP contribution in [0.25, 0.3) is 32.9 Å². The fraction of sp³-hybridized carbons (Fsp3) is 0.148. The van der Waals surface area contributed by atoms with Crippen LogP contribution in [0.3, 0.4) is 0 Å². The number of pyridine rings is 1. The van der Waals surface area contributed by atoms with Crippen molar-refractivity contribution >= 4 is 28.3 Å². The van der Waals surface area contributed by atoms with Gasteiger partial charge in [0, 0.05) is 5.56 Å². The third-order valence-electron chi connectivity index (χ3n) is 6.19. The summed E-state index contributed by atoms with van der Waals surface area (Å²) in [7, 11) is 0. The normalized spacial score (nSPS) is 15.3. The standard InChI is InChI=1S/C27H21N3O2S/c31-26(28-21-13-6-11-17-8-4-5-12-19(17)21)20-16-22(23-14-7-15-33-23)29-27-24(20)25(30-32-27)18-9-2-1-3-10-18/h1-5,7-10,12,14-16,21H,6,11,13H2,(H,28,31). The number of aromatic nitrogens is 2. The first kappa shape index (κ1) is 19.9. The van der Waals surface area contributed by atoms with Gasteiger partial charge in [-0.3, -0.25) is 4.79 Å². The molecule has 0 aliphatic heterocycles. The Morgan fingerprint density at radius 3 is 2.73 bits per heavy atom. The second-order valence-electron chi connectivity index (χ2n) is 8.23. The van der Waals surface area contributed by atoms with Crippen molar-refractivity contribution in [3.8, 4) is 21.8 Å². The van der Waals surface area contributed by atoms with Crippen LogP contribution in [0.5, 0.6) is 0 Å². The van der Waals surface area contributed by atoms with Crippen LogP contribution >= 0.6 is 11.3 Å². The Morgan fingerprint density at radius 2 is 1.88 bits per heavy atom. The molecule has 162 valence electrons. The number of thiophene rings is 1. The molecule has 5 aromatic rings. The highest BCUT2D eigenvalue weighted by Crippen LogP contribution is 2.35.